The third kappa shape index (κ3) is 2.96. The quantitative estimate of drug-likeness (QED) is 0.655. The van der Waals surface area contributed by atoms with Crippen LogP contribution in [0.5, 0.6) is 0 Å². The van der Waals surface area contributed by atoms with Gasteiger partial charge in [0.05, 0.1) is 16.7 Å². The maximum absolute atomic E-state index is 12.6. The van der Waals surface area contributed by atoms with E-state index in [9.17, 15) is 23.3 Å². The van der Waals surface area contributed by atoms with Crippen LogP contribution < -0.4 is 5.32 Å². The summed E-state index contributed by atoms with van der Waals surface area (Å²) in [5.41, 5.74) is -0.453. The van der Waals surface area contributed by atoms with E-state index in [4.69, 9.17) is 0 Å². The minimum Gasteiger partial charge on any atom is -0.310 e. The number of nitro groups is 1. The molecule has 1 aliphatic heterocycles. The molecule has 2 unspecified atom stereocenters. The van der Waals surface area contributed by atoms with E-state index in [1.807, 2.05) is 0 Å². The predicted octanol–water partition coefficient (Wildman–Crippen LogP) is 0.936. The fourth-order valence-corrected chi connectivity index (χ4v) is 4.35. The number of carbonyl (C=O) groups excluding carboxylic acids is 1. The van der Waals surface area contributed by atoms with Crippen molar-refractivity contribution in [1.82, 2.24) is 5.32 Å². The minimum absolute atomic E-state index is 0.140. The molecule has 2 rings (SSSR count). The van der Waals surface area contributed by atoms with Gasteiger partial charge in [0.1, 0.15) is 4.90 Å². The maximum atomic E-state index is 12.6. The predicted molar refractivity (Wildman–Crippen MR) is 75.7 cm³/mol. The van der Waals surface area contributed by atoms with Crippen LogP contribution >= 0.6 is 0 Å². The molecule has 1 heterocycles. The Kier molecular flexibility index (Phi) is 4.38. The zero-order chi connectivity index (χ0) is 15.6. The Balaban J connectivity index is 2.42. The smallest absolute Gasteiger partial charge is 0.287 e. The molecule has 1 fully saturated rings. The van der Waals surface area contributed by atoms with Crippen molar-refractivity contribution in [1.29, 1.82) is 0 Å². The van der Waals surface area contributed by atoms with E-state index in [1.165, 1.54) is 25.1 Å². The first-order valence-electron chi connectivity index (χ1n) is 6.56. The van der Waals surface area contributed by atoms with E-state index >= 15 is 0 Å². The van der Waals surface area contributed by atoms with Crippen LogP contribution in [-0.4, -0.2) is 37.5 Å². The number of sulfone groups is 1. The van der Waals surface area contributed by atoms with Gasteiger partial charge in [0.2, 0.25) is 0 Å². The Morgan fingerprint density at radius 1 is 1.38 bits per heavy atom. The number of piperidine rings is 1. The van der Waals surface area contributed by atoms with E-state index in [-0.39, 0.29) is 17.2 Å². The van der Waals surface area contributed by atoms with Crippen molar-refractivity contribution in [3.63, 3.8) is 0 Å². The van der Waals surface area contributed by atoms with Crippen LogP contribution in [0.4, 0.5) is 5.69 Å². The van der Waals surface area contributed by atoms with E-state index in [0.29, 0.717) is 13.0 Å². The number of hydrogen-bond acceptors (Lipinski definition) is 6. The Hall–Kier alpha value is -1.80. The molecule has 8 heteroatoms. The number of benzene rings is 1. The molecule has 0 bridgehead atoms. The Morgan fingerprint density at radius 3 is 2.67 bits per heavy atom. The summed E-state index contributed by atoms with van der Waals surface area (Å²) in [6, 6.07) is 5.23. The fraction of sp³-hybridized carbons (Fsp3) is 0.462. The van der Waals surface area contributed by atoms with Gasteiger partial charge in [-0.05, 0) is 26.0 Å². The van der Waals surface area contributed by atoms with Gasteiger partial charge in [-0.1, -0.05) is 12.1 Å². The Bertz CT molecular complexity index is 671. The molecule has 1 aliphatic rings. The maximum Gasteiger partial charge on any atom is 0.287 e. The third-order valence-corrected chi connectivity index (χ3v) is 6.04. The number of ketones is 1. The van der Waals surface area contributed by atoms with Crippen LogP contribution in [0.15, 0.2) is 29.2 Å². The summed E-state index contributed by atoms with van der Waals surface area (Å²) in [7, 11) is -3.94. The Morgan fingerprint density at radius 2 is 2.05 bits per heavy atom. The zero-order valence-corrected chi connectivity index (χ0v) is 12.3. The van der Waals surface area contributed by atoms with Crippen LogP contribution in [0.3, 0.4) is 0 Å². The highest BCUT2D eigenvalue weighted by molar-refractivity contribution is 7.92. The highest BCUT2D eigenvalue weighted by atomic mass is 32.2. The first-order valence-corrected chi connectivity index (χ1v) is 8.11. The molecule has 21 heavy (non-hydrogen) atoms. The monoisotopic (exact) mass is 312 g/mol. The lowest BCUT2D eigenvalue weighted by Crippen LogP contribution is -2.44. The molecule has 2 atom stereocenters. The van der Waals surface area contributed by atoms with Crippen molar-refractivity contribution < 1.29 is 18.1 Å². The summed E-state index contributed by atoms with van der Waals surface area (Å²) in [5, 5.41) is 12.9. The molecule has 1 aromatic carbocycles. The summed E-state index contributed by atoms with van der Waals surface area (Å²) in [6.45, 7) is 2.15. The molecule has 1 N–H and O–H groups in total. The molecule has 0 amide bonds. The van der Waals surface area contributed by atoms with E-state index in [1.54, 1.807) is 0 Å². The number of nitro benzene ring substituents is 1. The summed E-state index contributed by atoms with van der Waals surface area (Å²) < 4.78 is 25.3. The van der Waals surface area contributed by atoms with E-state index in [2.05, 4.69) is 5.32 Å². The number of Topliss-reactive ketones (excluding diaryl/α,β-unsaturated/α-hetero) is 1. The molecule has 0 radical (unpaired) electrons. The summed E-state index contributed by atoms with van der Waals surface area (Å²) in [4.78, 5) is 21.8. The number of hydrogen-bond donors (Lipinski definition) is 1. The normalized spacial score (nSPS) is 21.0. The fourth-order valence-electron chi connectivity index (χ4n) is 2.52. The van der Waals surface area contributed by atoms with Crippen molar-refractivity contribution in [2.45, 2.75) is 23.5 Å². The second-order valence-corrected chi connectivity index (χ2v) is 7.29. The molecule has 1 saturated heterocycles. The second-order valence-electron chi connectivity index (χ2n) is 5.01. The molecule has 0 aromatic heterocycles. The molecular weight excluding hydrogens is 296 g/mol. The van der Waals surface area contributed by atoms with Gasteiger partial charge in [0.25, 0.3) is 5.69 Å². The lowest BCUT2D eigenvalue weighted by molar-refractivity contribution is -0.387. The van der Waals surface area contributed by atoms with Crippen LogP contribution in [0.25, 0.3) is 0 Å². The second kappa shape index (κ2) is 5.90. The van der Waals surface area contributed by atoms with Gasteiger partial charge in [-0.3, -0.25) is 14.9 Å². The van der Waals surface area contributed by atoms with Crippen molar-refractivity contribution >= 4 is 21.3 Å². The SMILES string of the molecule is CC(C1CCNCC1=O)S(=O)(=O)c1ccccc1[N+](=O)[O-]. The Labute approximate surface area is 122 Å². The first-order chi connectivity index (χ1) is 9.85. The van der Waals surface area contributed by atoms with Gasteiger partial charge >= 0.3 is 0 Å². The van der Waals surface area contributed by atoms with Gasteiger partial charge in [0, 0.05) is 12.0 Å². The third-order valence-electron chi connectivity index (χ3n) is 3.77. The molecular formula is C13H16N2O5S. The highest BCUT2D eigenvalue weighted by Crippen LogP contribution is 2.30. The van der Waals surface area contributed by atoms with Gasteiger partial charge < -0.3 is 5.32 Å². The van der Waals surface area contributed by atoms with Crippen molar-refractivity contribution in [2.24, 2.45) is 5.92 Å². The highest BCUT2D eigenvalue weighted by Gasteiger charge is 2.39. The lowest BCUT2D eigenvalue weighted by Gasteiger charge is -2.26. The lowest BCUT2D eigenvalue weighted by atomic mass is 9.94. The van der Waals surface area contributed by atoms with E-state index < -0.39 is 31.6 Å². The number of carbonyl (C=O) groups is 1. The molecule has 114 valence electrons. The van der Waals surface area contributed by atoms with Gasteiger partial charge in [-0.25, -0.2) is 8.42 Å². The van der Waals surface area contributed by atoms with Gasteiger partial charge in [-0.2, -0.15) is 0 Å². The topological polar surface area (TPSA) is 106 Å². The minimum atomic E-state index is -3.94. The largest absolute Gasteiger partial charge is 0.310 e. The van der Waals surface area contributed by atoms with E-state index in [0.717, 1.165) is 6.07 Å². The summed E-state index contributed by atoms with van der Waals surface area (Å²) >= 11 is 0. The van der Waals surface area contributed by atoms with Gasteiger partial charge in [0.15, 0.2) is 15.6 Å². The first kappa shape index (κ1) is 15.6. The van der Waals surface area contributed by atoms with Crippen LogP contribution in [-0.2, 0) is 14.6 Å². The van der Waals surface area contributed by atoms with Crippen molar-refractivity contribution in [2.75, 3.05) is 13.1 Å². The number of nitrogens with zero attached hydrogens (tertiary/aromatic N) is 1. The molecule has 0 spiro atoms. The summed E-state index contributed by atoms with van der Waals surface area (Å²) in [5.74, 6) is -0.799. The number of rotatable bonds is 4. The molecule has 7 nitrogen and oxygen atoms in total. The molecule has 0 aliphatic carbocycles. The van der Waals surface area contributed by atoms with Gasteiger partial charge in [-0.15, -0.1) is 0 Å². The summed E-state index contributed by atoms with van der Waals surface area (Å²) in [6.07, 6.45) is 0.417. The number of nitrogens with one attached hydrogen (secondary N) is 1. The van der Waals surface area contributed by atoms with Crippen molar-refractivity contribution in [3.8, 4) is 0 Å². The average Bonchev–Trinajstić information content (AvgIpc) is 2.47. The van der Waals surface area contributed by atoms with Crippen LogP contribution in [0.2, 0.25) is 0 Å². The van der Waals surface area contributed by atoms with Crippen LogP contribution in [0.1, 0.15) is 13.3 Å². The molecule has 1 aromatic rings. The standard InChI is InChI=1S/C13H16N2O5S/c1-9(10-6-7-14-8-12(10)16)21(19,20)13-5-3-2-4-11(13)15(17)18/h2-5,9-10,14H,6-8H2,1H3. The molecule has 0 saturated carbocycles. The number of para-hydroxylation sites is 1. The van der Waals surface area contributed by atoms with Crippen LogP contribution in [0, 0.1) is 16.0 Å². The van der Waals surface area contributed by atoms with Crippen molar-refractivity contribution in [3.05, 3.63) is 34.4 Å². The average molecular weight is 312 g/mol. The zero-order valence-electron chi connectivity index (χ0n) is 11.5.